The van der Waals surface area contributed by atoms with Crippen LogP contribution in [-0.2, 0) is 6.54 Å². The van der Waals surface area contributed by atoms with Crippen LogP contribution in [-0.4, -0.2) is 11.3 Å². The first kappa shape index (κ1) is 12.4. The molecule has 2 aromatic heterocycles. The first-order valence-corrected chi connectivity index (χ1v) is 7.43. The molecular weight excluding hydrogens is 324 g/mol. The first-order valence-electron chi connectivity index (χ1n) is 5.82. The molecule has 0 aliphatic heterocycles. The van der Waals surface area contributed by atoms with E-state index in [1.54, 1.807) is 11.3 Å². The summed E-state index contributed by atoms with van der Waals surface area (Å²) in [5, 5.41) is 4.24. The van der Waals surface area contributed by atoms with Gasteiger partial charge in [-0.25, -0.2) is 0 Å². The molecule has 3 nitrogen and oxygen atoms in total. The average molecular weight is 335 g/mol. The number of H-pyrrole nitrogens is 1. The zero-order valence-corrected chi connectivity index (χ0v) is 12.3. The number of halogens is 1. The van der Waals surface area contributed by atoms with E-state index >= 15 is 0 Å². The third-order valence-electron chi connectivity index (χ3n) is 2.93. The lowest BCUT2D eigenvalue weighted by molar-refractivity contribution is 0.112. The number of aromatic nitrogens is 1. The number of aldehydes is 1. The monoisotopic (exact) mass is 334 g/mol. The van der Waals surface area contributed by atoms with Crippen LogP contribution in [0.1, 0.15) is 15.2 Å². The van der Waals surface area contributed by atoms with Gasteiger partial charge >= 0.3 is 0 Å². The number of hydrogen-bond donors (Lipinski definition) is 2. The van der Waals surface area contributed by atoms with Crippen LogP contribution >= 0.6 is 27.3 Å². The van der Waals surface area contributed by atoms with Crippen LogP contribution < -0.4 is 5.32 Å². The van der Waals surface area contributed by atoms with Crippen molar-refractivity contribution in [3.8, 4) is 0 Å². The zero-order chi connectivity index (χ0) is 13.2. The summed E-state index contributed by atoms with van der Waals surface area (Å²) in [5.41, 5.74) is 1.66. The van der Waals surface area contributed by atoms with Crippen molar-refractivity contribution in [1.29, 1.82) is 0 Å². The van der Waals surface area contributed by atoms with Crippen molar-refractivity contribution in [2.24, 2.45) is 0 Å². The Labute approximate surface area is 122 Å². The highest BCUT2D eigenvalue weighted by Crippen LogP contribution is 2.26. The Morgan fingerprint density at radius 1 is 1.26 bits per heavy atom. The summed E-state index contributed by atoms with van der Waals surface area (Å²) >= 11 is 5.12. The summed E-state index contributed by atoms with van der Waals surface area (Å²) in [6, 6.07) is 11.9. The summed E-state index contributed by atoms with van der Waals surface area (Å²) in [5.74, 6) is 0.778. The minimum atomic E-state index is 0.686. The third-order valence-corrected chi connectivity index (χ3v) is 4.56. The molecule has 0 unspecified atom stereocenters. The quantitative estimate of drug-likeness (QED) is 0.694. The molecule has 0 atom stereocenters. The highest BCUT2D eigenvalue weighted by molar-refractivity contribution is 9.11. The number of fused-ring (bicyclic) bond motifs is 1. The number of hydrogen-bond acceptors (Lipinski definition) is 3. The molecule has 1 aromatic carbocycles. The van der Waals surface area contributed by atoms with Gasteiger partial charge in [0.2, 0.25) is 0 Å². The van der Waals surface area contributed by atoms with Crippen molar-refractivity contribution in [1.82, 2.24) is 4.98 Å². The Bertz CT molecular complexity index is 732. The van der Waals surface area contributed by atoms with Gasteiger partial charge < -0.3 is 10.3 Å². The van der Waals surface area contributed by atoms with Crippen LogP contribution in [0.25, 0.3) is 10.9 Å². The summed E-state index contributed by atoms with van der Waals surface area (Å²) < 4.78 is 1.11. The van der Waals surface area contributed by atoms with Crippen molar-refractivity contribution in [3.63, 3.8) is 0 Å². The smallest absolute Gasteiger partial charge is 0.154 e. The van der Waals surface area contributed by atoms with E-state index in [4.69, 9.17) is 0 Å². The van der Waals surface area contributed by atoms with Gasteiger partial charge in [-0.3, -0.25) is 4.79 Å². The van der Waals surface area contributed by atoms with Gasteiger partial charge in [0.1, 0.15) is 5.82 Å². The molecule has 0 radical (unpaired) electrons. The van der Waals surface area contributed by atoms with Crippen LogP contribution in [0.2, 0.25) is 0 Å². The highest BCUT2D eigenvalue weighted by atomic mass is 79.9. The fraction of sp³-hybridized carbons (Fsp3) is 0.0714. The highest BCUT2D eigenvalue weighted by Gasteiger charge is 2.10. The molecule has 19 heavy (non-hydrogen) atoms. The van der Waals surface area contributed by atoms with Crippen molar-refractivity contribution in [3.05, 3.63) is 50.6 Å². The van der Waals surface area contributed by atoms with Crippen molar-refractivity contribution >= 4 is 50.3 Å². The Morgan fingerprint density at radius 3 is 2.84 bits per heavy atom. The van der Waals surface area contributed by atoms with Gasteiger partial charge in [0, 0.05) is 15.8 Å². The maximum absolute atomic E-state index is 11.3. The summed E-state index contributed by atoms with van der Waals surface area (Å²) in [6.45, 7) is 0.698. The second kappa shape index (κ2) is 5.19. The average Bonchev–Trinajstić information content (AvgIpc) is 2.99. The maximum Gasteiger partial charge on any atom is 0.154 e. The number of thiophene rings is 1. The number of nitrogens with one attached hydrogen (secondary N) is 2. The Balaban J connectivity index is 1.90. The predicted molar refractivity (Wildman–Crippen MR) is 83.0 cm³/mol. The number of carbonyl (C=O) groups is 1. The molecule has 2 heterocycles. The number of para-hydroxylation sites is 1. The molecule has 0 saturated carbocycles. The fourth-order valence-electron chi connectivity index (χ4n) is 2.05. The topological polar surface area (TPSA) is 44.9 Å². The van der Waals surface area contributed by atoms with E-state index in [0.717, 1.165) is 26.8 Å². The molecule has 0 aliphatic carbocycles. The molecule has 0 saturated heterocycles. The Hall–Kier alpha value is -1.59. The van der Waals surface area contributed by atoms with Gasteiger partial charge in [-0.05, 0) is 34.1 Å². The third kappa shape index (κ3) is 2.43. The minimum Gasteiger partial charge on any atom is -0.366 e. The van der Waals surface area contributed by atoms with Crippen LogP contribution in [0.3, 0.4) is 0 Å². The first-order chi connectivity index (χ1) is 9.28. The molecule has 2 N–H and O–H groups in total. The van der Waals surface area contributed by atoms with E-state index in [9.17, 15) is 4.79 Å². The van der Waals surface area contributed by atoms with Gasteiger partial charge in [0.15, 0.2) is 6.29 Å². The molecule has 5 heteroatoms. The second-order valence-electron chi connectivity index (χ2n) is 4.14. The largest absolute Gasteiger partial charge is 0.366 e. The lowest BCUT2D eigenvalue weighted by Gasteiger charge is -2.02. The number of benzene rings is 1. The lowest BCUT2D eigenvalue weighted by Crippen LogP contribution is -1.99. The summed E-state index contributed by atoms with van der Waals surface area (Å²) in [6.07, 6.45) is 0.894. The molecule has 0 aliphatic rings. The Kier molecular flexibility index (Phi) is 3.40. The van der Waals surface area contributed by atoms with Crippen LogP contribution in [0.15, 0.2) is 40.2 Å². The minimum absolute atomic E-state index is 0.686. The Morgan fingerprint density at radius 2 is 2.11 bits per heavy atom. The standard InChI is InChI=1S/C14H11BrN2OS/c15-13-6-5-9(19-13)7-16-14-11(8-18)10-3-1-2-4-12(10)17-14/h1-6,8,16-17H,7H2. The lowest BCUT2D eigenvalue weighted by atomic mass is 10.2. The maximum atomic E-state index is 11.3. The van der Waals surface area contributed by atoms with Crippen LogP contribution in [0.5, 0.6) is 0 Å². The molecule has 0 fully saturated rings. The molecule has 0 amide bonds. The second-order valence-corrected chi connectivity index (χ2v) is 6.68. The van der Waals surface area contributed by atoms with E-state index in [1.165, 1.54) is 4.88 Å². The molecular formula is C14H11BrN2OS. The zero-order valence-electron chi connectivity index (χ0n) is 9.94. The molecule has 3 rings (SSSR count). The van der Waals surface area contributed by atoms with E-state index in [2.05, 4.69) is 32.3 Å². The summed E-state index contributed by atoms with van der Waals surface area (Å²) in [4.78, 5) is 15.7. The van der Waals surface area contributed by atoms with Gasteiger partial charge in [-0.2, -0.15) is 0 Å². The van der Waals surface area contributed by atoms with E-state index in [-0.39, 0.29) is 0 Å². The van der Waals surface area contributed by atoms with Crippen molar-refractivity contribution in [2.75, 3.05) is 5.32 Å². The fourth-order valence-corrected chi connectivity index (χ4v) is 3.47. The number of rotatable bonds is 4. The van der Waals surface area contributed by atoms with Gasteiger partial charge in [0.25, 0.3) is 0 Å². The van der Waals surface area contributed by atoms with Gasteiger partial charge in [-0.15, -0.1) is 11.3 Å². The predicted octanol–water partition coefficient (Wildman–Crippen LogP) is 4.42. The number of aromatic amines is 1. The SMILES string of the molecule is O=Cc1c(NCc2ccc(Br)s2)[nH]c2ccccc12. The number of carbonyl (C=O) groups excluding carboxylic acids is 1. The molecule has 96 valence electrons. The molecule has 0 spiro atoms. The molecule has 0 bridgehead atoms. The van der Waals surface area contributed by atoms with Crippen LogP contribution in [0, 0.1) is 0 Å². The van der Waals surface area contributed by atoms with Gasteiger partial charge in [-0.1, -0.05) is 18.2 Å². The van der Waals surface area contributed by atoms with Crippen molar-refractivity contribution < 1.29 is 4.79 Å². The van der Waals surface area contributed by atoms with E-state index < -0.39 is 0 Å². The van der Waals surface area contributed by atoms with E-state index in [0.29, 0.717) is 12.1 Å². The molecule has 3 aromatic rings. The van der Waals surface area contributed by atoms with Gasteiger partial charge in [0.05, 0.1) is 15.9 Å². The summed E-state index contributed by atoms with van der Waals surface area (Å²) in [7, 11) is 0. The van der Waals surface area contributed by atoms with Crippen LogP contribution in [0.4, 0.5) is 5.82 Å². The number of anilines is 1. The van der Waals surface area contributed by atoms with Crippen molar-refractivity contribution in [2.45, 2.75) is 6.54 Å². The normalized spacial score (nSPS) is 10.8. The van der Waals surface area contributed by atoms with E-state index in [1.807, 2.05) is 30.3 Å².